The van der Waals surface area contributed by atoms with Crippen molar-refractivity contribution >= 4 is 45.0 Å². The maximum atomic E-state index is 13.3. The van der Waals surface area contributed by atoms with Gasteiger partial charge in [-0.2, -0.15) is 0 Å². The maximum absolute atomic E-state index is 13.3. The van der Waals surface area contributed by atoms with Crippen LogP contribution in [-0.2, 0) is 51.9 Å². The first-order valence-electron chi connectivity index (χ1n) is 10.1. The molecule has 0 saturated carbocycles. The Kier molecular flexibility index (Phi) is 9.64. The molecular formula is C19H29O12PSe. The Hall–Kier alpha value is -1.33. The molecule has 0 aromatic carbocycles. The Bertz CT molecular complexity index is 749. The van der Waals surface area contributed by atoms with Crippen LogP contribution in [0.25, 0.3) is 0 Å². The summed E-state index contributed by atoms with van der Waals surface area (Å²) in [5.41, 5.74) is -0.342. The molecule has 0 aromatic rings. The third kappa shape index (κ3) is 8.43. The zero-order chi connectivity index (χ0) is 25.0. The van der Waals surface area contributed by atoms with E-state index in [2.05, 4.69) is 0 Å². The van der Waals surface area contributed by atoms with Crippen molar-refractivity contribution in [3.63, 3.8) is 0 Å². The number of hydrogen-bond acceptors (Lipinski definition) is 12. The van der Waals surface area contributed by atoms with E-state index in [-0.39, 0.29) is 25.2 Å². The van der Waals surface area contributed by atoms with Crippen LogP contribution < -0.4 is 4.89 Å². The predicted molar refractivity (Wildman–Crippen MR) is 110 cm³/mol. The van der Waals surface area contributed by atoms with E-state index in [1.165, 1.54) is 6.92 Å². The van der Waals surface area contributed by atoms with Gasteiger partial charge in [0.05, 0.1) is 0 Å². The van der Waals surface area contributed by atoms with Gasteiger partial charge in [-0.1, -0.05) is 0 Å². The molecule has 0 radical (unpaired) electrons. The second kappa shape index (κ2) is 11.4. The standard InChI is InChI=1S/C19H29O12PSe/c1-10(20)25-7-14-15(28-11(2)21)16(29-12(3)22)17(30-13(4)23)18(31-14)33-32(24)26-8-19(5,6)9-27-32/h14-18H,7-9H2,1-6H3/t14-,15-,16+,17-,18+/m1/s1. The fraction of sp³-hybridized carbons (Fsp3) is 0.789. The molecule has 12 nitrogen and oxygen atoms in total. The van der Waals surface area contributed by atoms with Crippen LogP contribution in [0.5, 0.6) is 0 Å². The van der Waals surface area contributed by atoms with E-state index in [0.29, 0.717) is 0 Å². The van der Waals surface area contributed by atoms with Crippen molar-refractivity contribution in [3.05, 3.63) is 0 Å². The van der Waals surface area contributed by atoms with Gasteiger partial charge in [0, 0.05) is 0 Å². The summed E-state index contributed by atoms with van der Waals surface area (Å²) in [4.78, 5) is 60.1. The minimum absolute atomic E-state index is 0.178. The fourth-order valence-electron chi connectivity index (χ4n) is 3.05. The molecule has 33 heavy (non-hydrogen) atoms. The average molecular weight is 559 g/mol. The summed E-state index contributed by atoms with van der Waals surface area (Å²) in [6.45, 7) is 4.73. The van der Waals surface area contributed by atoms with Gasteiger partial charge in [-0.3, -0.25) is 0 Å². The second-order valence-corrected chi connectivity index (χ2v) is 15.1. The Morgan fingerprint density at radius 2 is 1.36 bits per heavy atom. The Morgan fingerprint density at radius 3 is 1.85 bits per heavy atom. The van der Waals surface area contributed by atoms with E-state index in [0.717, 1.165) is 20.8 Å². The van der Waals surface area contributed by atoms with Crippen molar-refractivity contribution in [2.24, 2.45) is 5.41 Å². The van der Waals surface area contributed by atoms with Crippen LogP contribution in [-0.4, -0.2) is 87.6 Å². The SMILES string of the molecule is CC(=O)OC[C@H]1O[C@@H]([Se][P+]2([O-])OCC(C)(C)CO2)[C@H](OC(C)=O)[C@@H](OC(C)=O)[C@@H]1OC(C)=O. The first kappa shape index (κ1) is 27.9. The molecule has 0 amide bonds. The third-order valence-corrected chi connectivity index (χ3v) is 10.8. The molecule has 0 bridgehead atoms. The number of rotatable bonds is 7. The molecule has 0 aliphatic carbocycles. The summed E-state index contributed by atoms with van der Waals surface area (Å²) in [5, 5.41) is -1.09. The van der Waals surface area contributed by atoms with Crippen molar-refractivity contribution < 1.29 is 56.8 Å². The van der Waals surface area contributed by atoms with Crippen LogP contribution in [0.3, 0.4) is 0 Å². The molecule has 0 aromatic heterocycles. The Labute approximate surface area is 198 Å². The summed E-state index contributed by atoms with van der Waals surface area (Å²) < 4.78 is 38.1. The van der Waals surface area contributed by atoms with E-state index >= 15 is 0 Å². The summed E-state index contributed by atoms with van der Waals surface area (Å²) >= 11 is -1.07. The molecule has 0 spiro atoms. The summed E-state index contributed by atoms with van der Waals surface area (Å²) in [7, 11) is 0. The predicted octanol–water partition coefficient (Wildman–Crippen LogP) is -0.115. The van der Waals surface area contributed by atoms with E-state index in [9.17, 15) is 24.1 Å². The van der Waals surface area contributed by atoms with Gasteiger partial charge >= 0.3 is 198 Å². The second-order valence-electron chi connectivity index (χ2n) is 8.33. The van der Waals surface area contributed by atoms with Gasteiger partial charge in [0.25, 0.3) is 0 Å². The van der Waals surface area contributed by atoms with E-state index < -0.39 is 74.4 Å². The van der Waals surface area contributed by atoms with Crippen molar-refractivity contribution in [2.45, 2.75) is 71.0 Å². The molecule has 2 heterocycles. The van der Waals surface area contributed by atoms with Crippen molar-refractivity contribution in [3.8, 4) is 0 Å². The van der Waals surface area contributed by atoms with Crippen molar-refractivity contribution in [2.75, 3.05) is 19.8 Å². The topological polar surface area (TPSA) is 156 Å². The van der Waals surface area contributed by atoms with Gasteiger partial charge in [-0.05, 0) is 0 Å². The molecule has 2 rings (SSSR count). The molecule has 2 saturated heterocycles. The van der Waals surface area contributed by atoms with Crippen LogP contribution in [0.15, 0.2) is 0 Å². The quantitative estimate of drug-likeness (QED) is 0.177. The summed E-state index contributed by atoms with van der Waals surface area (Å²) in [6, 6.07) is 0. The van der Waals surface area contributed by atoms with Gasteiger partial charge in [0.15, 0.2) is 0 Å². The Morgan fingerprint density at radius 1 is 0.879 bits per heavy atom. The molecule has 2 fully saturated rings. The first-order chi connectivity index (χ1) is 15.2. The monoisotopic (exact) mass is 560 g/mol. The van der Waals surface area contributed by atoms with Crippen LogP contribution in [0.4, 0.5) is 0 Å². The van der Waals surface area contributed by atoms with Crippen LogP contribution in [0.2, 0.25) is 0 Å². The van der Waals surface area contributed by atoms with Gasteiger partial charge in [0.1, 0.15) is 0 Å². The zero-order valence-electron chi connectivity index (χ0n) is 19.3. The number of ether oxygens (including phenoxy) is 5. The molecule has 5 atom stereocenters. The number of hydrogen-bond donors (Lipinski definition) is 0. The molecule has 0 N–H and O–H groups in total. The zero-order valence-corrected chi connectivity index (χ0v) is 21.9. The van der Waals surface area contributed by atoms with Gasteiger partial charge in [-0.15, -0.1) is 0 Å². The van der Waals surface area contributed by atoms with Crippen LogP contribution >= 0.6 is 6.63 Å². The van der Waals surface area contributed by atoms with Crippen molar-refractivity contribution in [1.82, 2.24) is 0 Å². The fourth-order valence-corrected chi connectivity index (χ4v) is 9.52. The molecule has 2 aliphatic heterocycles. The third-order valence-electron chi connectivity index (χ3n) is 4.41. The van der Waals surface area contributed by atoms with Crippen LogP contribution in [0.1, 0.15) is 41.5 Å². The molecule has 14 heteroatoms. The van der Waals surface area contributed by atoms with E-state index in [1.807, 2.05) is 13.8 Å². The minimum atomic E-state index is -3.62. The molecule has 188 valence electrons. The number of carbonyl (C=O) groups excluding carboxylic acids is 4. The molecular weight excluding hydrogens is 530 g/mol. The van der Waals surface area contributed by atoms with Gasteiger partial charge in [-0.25, -0.2) is 0 Å². The summed E-state index contributed by atoms with van der Waals surface area (Å²) in [5.74, 6) is -2.82. The van der Waals surface area contributed by atoms with Gasteiger partial charge in [0.2, 0.25) is 0 Å². The summed E-state index contributed by atoms with van der Waals surface area (Å²) in [6.07, 6.45) is -4.97. The van der Waals surface area contributed by atoms with Crippen molar-refractivity contribution in [1.29, 1.82) is 0 Å². The van der Waals surface area contributed by atoms with E-state index in [1.54, 1.807) is 0 Å². The average Bonchev–Trinajstić information content (AvgIpc) is 2.67. The van der Waals surface area contributed by atoms with Gasteiger partial charge < -0.3 is 0 Å². The Balaban J connectivity index is 2.39. The number of esters is 4. The first-order valence-corrected chi connectivity index (χ1v) is 14.8. The molecule has 0 unspecified atom stereocenters. The normalized spacial score (nSPS) is 30.6. The number of carbonyl (C=O) groups is 4. The van der Waals surface area contributed by atoms with Crippen LogP contribution in [0, 0.1) is 5.41 Å². The molecule has 2 aliphatic rings. The van der Waals surface area contributed by atoms with E-state index in [4.69, 9.17) is 32.7 Å².